The number of benzene rings is 1. The first-order chi connectivity index (χ1) is 18.2. The van der Waals surface area contributed by atoms with Crippen molar-refractivity contribution in [1.82, 2.24) is 14.9 Å². The summed E-state index contributed by atoms with van der Waals surface area (Å²) in [5, 5.41) is 3.38. The van der Waals surface area contributed by atoms with Crippen molar-refractivity contribution >= 4 is 11.8 Å². The maximum absolute atomic E-state index is 12.0. The molecule has 3 N–H and O–H groups in total. The summed E-state index contributed by atoms with van der Waals surface area (Å²) in [7, 11) is 1.75. The van der Waals surface area contributed by atoms with Crippen molar-refractivity contribution in [2.45, 2.75) is 71.4 Å². The van der Waals surface area contributed by atoms with Crippen molar-refractivity contribution in [3.63, 3.8) is 0 Å². The Morgan fingerprint density at radius 2 is 1.87 bits per heavy atom. The molecule has 0 saturated heterocycles. The van der Waals surface area contributed by atoms with Crippen LogP contribution in [0.1, 0.15) is 63.2 Å². The normalized spacial score (nSPS) is 15.1. The van der Waals surface area contributed by atoms with Crippen LogP contribution in [0.4, 0.5) is 0 Å². The van der Waals surface area contributed by atoms with Gasteiger partial charge in [0.25, 0.3) is 0 Å². The Hall–Kier alpha value is -3.45. The second-order valence-corrected chi connectivity index (χ2v) is 9.98. The molecule has 7 nitrogen and oxygen atoms in total. The topological polar surface area (TPSA) is 99.2 Å². The van der Waals surface area contributed by atoms with Gasteiger partial charge in [-0.1, -0.05) is 81.0 Å². The van der Waals surface area contributed by atoms with Gasteiger partial charge in [-0.05, 0) is 38.2 Å². The lowest BCUT2D eigenvalue weighted by molar-refractivity contribution is -0.121. The maximum Gasteiger partial charge on any atom is 0.231 e. The summed E-state index contributed by atoms with van der Waals surface area (Å²) >= 11 is 0. The second kappa shape index (κ2) is 16.4. The SMILES string of the molecule is C=C(CCCCCC(=O)n1ccnc1)NC(/C=C/C(C)=C/[C@H](C)[C@H](Cc1ccccc1)OC)[C@H](C)C(N)=O. The molecule has 1 unspecified atom stereocenters. The summed E-state index contributed by atoms with van der Waals surface area (Å²) in [6, 6.07) is 10.1. The molecule has 1 aromatic carbocycles. The summed E-state index contributed by atoms with van der Waals surface area (Å²) in [5.74, 6) is -0.504. The number of primary amides is 1. The van der Waals surface area contributed by atoms with E-state index in [0.717, 1.165) is 43.4 Å². The van der Waals surface area contributed by atoms with Crippen molar-refractivity contribution in [2.75, 3.05) is 7.11 Å². The highest BCUT2D eigenvalue weighted by atomic mass is 16.5. The van der Waals surface area contributed by atoms with Crippen molar-refractivity contribution < 1.29 is 14.3 Å². The van der Waals surface area contributed by atoms with Crippen LogP contribution in [-0.2, 0) is 16.0 Å². The number of nitrogens with zero attached hydrogens (tertiary/aromatic N) is 2. The van der Waals surface area contributed by atoms with E-state index in [4.69, 9.17) is 10.5 Å². The van der Waals surface area contributed by atoms with E-state index in [-0.39, 0.29) is 29.9 Å². The lowest BCUT2D eigenvalue weighted by atomic mass is 9.94. The average molecular weight is 521 g/mol. The lowest BCUT2D eigenvalue weighted by Crippen LogP contribution is -2.39. The summed E-state index contributed by atoms with van der Waals surface area (Å²) in [4.78, 5) is 27.9. The van der Waals surface area contributed by atoms with E-state index in [2.05, 4.69) is 42.0 Å². The van der Waals surface area contributed by atoms with Gasteiger partial charge in [-0.15, -0.1) is 0 Å². The number of nitrogens with one attached hydrogen (secondary N) is 1. The van der Waals surface area contributed by atoms with Crippen LogP contribution >= 0.6 is 0 Å². The van der Waals surface area contributed by atoms with Crippen LogP contribution in [0, 0.1) is 11.8 Å². The largest absolute Gasteiger partial charge is 0.382 e. The second-order valence-electron chi connectivity index (χ2n) is 9.98. The Balaban J connectivity index is 1.88. The third-order valence-electron chi connectivity index (χ3n) is 6.78. The van der Waals surface area contributed by atoms with Crippen LogP contribution in [0.25, 0.3) is 0 Å². The first-order valence-electron chi connectivity index (χ1n) is 13.4. The lowest BCUT2D eigenvalue weighted by Gasteiger charge is -2.23. The number of unbranched alkanes of at least 4 members (excludes halogenated alkanes) is 2. The molecule has 1 aromatic heterocycles. The van der Waals surface area contributed by atoms with Gasteiger partial charge < -0.3 is 15.8 Å². The van der Waals surface area contributed by atoms with Crippen LogP contribution in [0.2, 0.25) is 0 Å². The van der Waals surface area contributed by atoms with Crippen molar-refractivity contribution in [3.05, 3.63) is 90.7 Å². The highest BCUT2D eigenvalue weighted by molar-refractivity contribution is 5.78. The Bertz CT molecular complexity index is 1060. The molecule has 2 aromatic rings. The molecule has 206 valence electrons. The number of allylic oxidation sites excluding steroid dienone is 3. The van der Waals surface area contributed by atoms with Crippen LogP contribution in [0.5, 0.6) is 0 Å². The van der Waals surface area contributed by atoms with Crippen LogP contribution in [0.15, 0.2) is 85.1 Å². The number of nitrogens with two attached hydrogens (primary N) is 1. The summed E-state index contributed by atoms with van der Waals surface area (Å²) in [6.45, 7) is 10.2. The molecule has 38 heavy (non-hydrogen) atoms. The fraction of sp³-hybridized carbons (Fsp3) is 0.452. The minimum absolute atomic E-state index is 0.0505. The van der Waals surface area contributed by atoms with Crippen molar-refractivity contribution in [3.8, 4) is 0 Å². The smallest absolute Gasteiger partial charge is 0.231 e. The number of hydrogen-bond donors (Lipinski definition) is 2. The van der Waals surface area contributed by atoms with Gasteiger partial charge >= 0.3 is 0 Å². The third kappa shape index (κ3) is 10.9. The zero-order valence-electron chi connectivity index (χ0n) is 23.3. The van der Waals surface area contributed by atoms with Crippen LogP contribution in [0.3, 0.4) is 0 Å². The number of rotatable bonds is 17. The molecular formula is C31H44N4O3. The van der Waals surface area contributed by atoms with E-state index in [0.29, 0.717) is 6.42 Å². The number of carbonyl (C=O) groups excluding carboxylic acids is 2. The first-order valence-corrected chi connectivity index (χ1v) is 13.4. The number of carbonyl (C=O) groups is 2. The summed E-state index contributed by atoms with van der Waals surface area (Å²) in [5.41, 5.74) is 8.81. The van der Waals surface area contributed by atoms with E-state index in [1.807, 2.05) is 44.2 Å². The zero-order chi connectivity index (χ0) is 27.9. The van der Waals surface area contributed by atoms with E-state index in [9.17, 15) is 9.59 Å². The predicted molar refractivity (Wildman–Crippen MR) is 153 cm³/mol. The number of methoxy groups -OCH3 is 1. The number of aromatic nitrogens is 2. The van der Waals surface area contributed by atoms with E-state index in [1.54, 1.807) is 19.5 Å². The molecule has 7 heteroatoms. The van der Waals surface area contributed by atoms with Gasteiger partial charge in [-0.25, -0.2) is 4.98 Å². The molecule has 1 heterocycles. The standard InChI is InChI=1S/C31H44N4O3/c1-23(20-24(2)29(38-5)21-27-13-9-7-10-14-27)16-17-28(26(4)31(32)37)34-25(3)12-8-6-11-15-30(36)35-19-18-33-22-35/h7,9-10,13-14,16-20,22,24,26,28-29,34H,3,6,8,11-12,15,21H2,1-2,4-5H3,(H2,32,37)/b17-16+,23-20+/t24-,26-,28?,29-/m0/s1. The minimum Gasteiger partial charge on any atom is -0.382 e. The van der Waals surface area contributed by atoms with Gasteiger partial charge in [0.05, 0.1) is 18.1 Å². The number of imidazole rings is 1. The van der Waals surface area contributed by atoms with Gasteiger partial charge in [-0.3, -0.25) is 14.2 Å². The molecule has 2 rings (SSSR count). The molecule has 1 amide bonds. The quantitative estimate of drug-likeness (QED) is 0.213. The van der Waals surface area contributed by atoms with E-state index < -0.39 is 5.92 Å². The number of ether oxygens (including phenoxy) is 1. The molecule has 0 spiro atoms. The fourth-order valence-corrected chi connectivity index (χ4v) is 4.32. The highest BCUT2D eigenvalue weighted by Crippen LogP contribution is 2.18. The Morgan fingerprint density at radius 1 is 1.16 bits per heavy atom. The molecule has 4 atom stereocenters. The average Bonchev–Trinajstić information content (AvgIpc) is 3.44. The predicted octanol–water partition coefficient (Wildman–Crippen LogP) is 5.46. The van der Waals surface area contributed by atoms with Gasteiger partial charge in [0.2, 0.25) is 11.8 Å². The van der Waals surface area contributed by atoms with Gasteiger partial charge in [0.15, 0.2) is 0 Å². The van der Waals surface area contributed by atoms with Crippen molar-refractivity contribution in [2.24, 2.45) is 17.6 Å². The monoisotopic (exact) mass is 520 g/mol. The van der Waals surface area contributed by atoms with Gasteiger partial charge in [0, 0.05) is 37.5 Å². The summed E-state index contributed by atoms with van der Waals surface area (Å²) in [6.07, 6.45) is 15.8. The van der Waals surface area contributed by atoms with Gasteiger partial charge in [-0.2, -0.15) is 0 Å². The molecule has 0 bridgehead atoms. The highest BCUT2D eigenvalue weighted by Gasteiger charge is 2.20. The minimum atomic E-state index is -0.397. The van der Waals surface area contributed by atoms with Crippen molar-refractivity contribution in [1.29, 1.82) is 0 Å². The van der Waals surface area contributed by atoms with Crippen LogP contribution in [-0.4, -0.2) is 40.6 Å². The Kier molecular flexibility index (Phi) is 13.3. The molecular weight excluding hydrogens is 476 g/mol. The number of amides is 1. The number of hydrogen-bond acceptors (Lipinski definition) is 5. The van der Waals surface area contributed by atoms with Crippen LogP contribution < -0.4 is 11.1 Å². The maximum atomic E-state index is 12.0. The molecule has 0 radical (unpaired) electrons. The molecule has 0 saturated carbocycles. The van der Waals surface area contributed by atoms with Gasteiger partial charge in [0.1, 0.15) is 6.33 Å². The molecule has 0 fully saturated rings. The molecule has 0 aliphatic heterocycles. The first kappa shape index (κ1) is 30.8. The third-order valence-corrected chi connectivity index (χ3v) is 6.78. The van der Waals surface area contributed by atoms with E-state index >= 15 is 0 Å². The molecule has 0 aliphatic rings. The fourth-order valence-electron chi connectivity index (χ4n) is 4.32. The Morgan fingerprint density at radius 3 is 2.50 bits per heavy atom. The van der Waals surface area contributed by atoms with E-state index in [1.165, 1.54) is 16.5 Å². The zero-order valence-corrected chi connectivity index (χ0v) is 23.3. The Labute approximate surface area is 227 Å². The summed E-state index contributed by atoms with van der Waals surface area (Å²) < 4.78 is 7.29. The molecule has 0 aliphatic carbocycles.